The van der Waals surface area contributed by atoms with E-state index in [1.54, 1.807) is 0 Å². The second-order valence-corrected chi connectivity index (χ2v) is 6.81. The van der Waals surface area contributed by atoms with Crippen LogP contribution >= 0.6 is 0 Å². The van der Waals surface area contributed by atoms with Gasteiger partial charge in [0.25, 0.3) is 0 Å². The van der Waals surface area contributed by atoms with Crippen molar-refractivity contribution in [3.63, 3.8) is 0 Å². The van der Waals surface area contributed by atoms with Crippen molar-refractivity contribution in [1.82, 2.24) is 15.1 Å². The largest absolute Gasteiger partial charge is 0.352 e. The fourth-order valence-electron chi connectivity index (χ4n) is 3.12. The van der Waals surface area contributed by atoms with Crippen LogP contribution in [0.1, 0.15) is 52.9 Å². The number of nitrogens with one attached hydrogen (secondary N) is 1. The molecule has 5 heteroatoms. The number of carbonyl (C=O) groups is 2. The predicted molar refractivity (Wildman–Crippen MR) is 82.9 cm³/mol. The van der Waals surface area contributed by atoms with E-state index >= 15 is 0 Å². The van der Waals surface area contributed by atoms with Crippen molar-refractivity contribution >= 4 is 11.8 Å². The van der Waals surface area contributed by atoms with Crippen molar-refractivity contribution < 1.29 is 9.59 Å². The molecular weight excluding hydrogens is 266 g/mol. The molecule has 1 saturated heterocycles. The summed E-state index contributed by atoms with van der Waals surface area (Å²) in [6.07, 6.45) is 5.53. The maximum atomic E-state index is 12.7. The molecule has 5 nitrogen and oxygen atoms in total. The summed E-state index contributed by atoms with van der Waals surface area (Å²) < 4.78 is 0. The summed E-state index contributed by atoms with van der Waals surface area (Å²) in [4.78, 5) is 28.5. The first kappa shape index (κ1) is 16.3. The highest BCUT2D eigenvalue weighted by atomic mass is 16.2. The van der Waals surface area contributed by atoms with Gasteiger partial charge in [-0.3, -0.25) is 14.5 Å². The highest BCUT2D eigenvalue weighted by Gasteiger charge is 2.33. The molecule has 120 valence electrons. The first-order chi connectivity index (χ1) is 9.90. The van der Waals surface area contributed by atoms with E-state index in [1.165, 1.54) is 6.42 Å². The molecule has 2 amide bonds. The average Bonchev–Trinajstić information content (AvgIpc) is 3.21. The van der Waals surface area contributed by atoms with E-state index < -0.39 is 0 Å². The van der Waals surface area contributed by atoms with Gasteiger partial charge < -0.3 is 10.2 Å². The van der Waals surface area contributed by atoms with Gasteiger partial charge in [-0.25, -0.2) is 0 Å². The smallest absolute Gasteiger partial charge is 0.240 e. The van der Waals surface area contributed by atoms with Crippen LogP contribution in [0.4, 0.5) is 0 Å². The third kappa shape index (κ3) is 4.19. The number of carbonyl (C=O) groups excluding carboxylic acids is 2. The molecule has 2 fully saturated rings. The molecule has 3 atom stereocenters. The summed E-state index contributed by atoms with van der Waals surface area (Å²) in [6.45, 7) is 6.45. The standard InChI is InChI=1S/C16H29N3O2/c1-11-6-5-7-12(2)19(11)16(21)13(3)18(4)10-15(20)17-14-8-9-14/h11-14H,5-10H2,1-4H3,(H,17,20)/t11-,12+,13-/m0/s1. The van der Waals surface area contributed by atoms with Crippen LogP contribution in [0, 0.1) is 0 Å². The minimum absolute atomic E-state index is 0.0272. The summed E-state index contributed by atoms with van der Waals surface area (Å²) in [6, 6.07) is 0.729. The van der Waals surface area contributed by atoms with Crippen LogP contribution in [0.3, 0.4) is 0 Å². The number of nitrogens with zero attached hydrogens (tertiary/aromatic N) is 2. The molecule has 0 aromatic rings. The lowest BCUT2D eigenvalue weighted by Gasteiger charge is -2.41. The van der Waals surface area contributed by atoms with Crippen molar-refractivity contribution in [2.45, 2.75) is 77.0 Å². The molecule has 21 heavy (non-hydrogen) atoms. The van der Waals surface area contributed by atoms with Gasteiger partial charge in [-0.05, 0) is 59.9 Å². The topological polar surface area (TPSA) is 52.7 Å². The Hall–Kier alpha value is -1.10. The number of likely N-dealkylation sites (tertiary alicyclic amines) is 1. The van der Waals surface area contributed by atoms with Crippen molar-refractivity contribution in [3.8, 4) is 0 Å². The Morgan fingerprint density at radius 1 is 1.19 bits per heavy atom. The molecule has 1 saturated carbocycles. The third-order valence-corrected chi connectivity index (χ3v) is 4.80. The molecule has 1 N–H and O–H groups in total. The van der Waals surface area contributed by atoms with Gasteiger partial charge in [0.1, 0.15) is 0 Å². The normalized spacial score (nSPS) is 27.6. The molecule has 1 aliphatic carbocycles. The van der Waals surface area contributed by atoms with Gasteiger partial charge in [-0.15, -0.1) is 0 Å². The third-order valence-electron chi connectivity index (χ3n) is 4.80. The number of piperidine rings is 1. The second kappa shape index (κ2) is 6.77. The van der Waals surface area contributed by atoms with E-state index in [9.17, 15) is 9.59 Å². The zero-order valence-electron chi connectivity index (χ0n) is 13.8. The summed E-state index contributed by atoms with van der Waals surface area (Å²) in [5, 5.41) is 2.97. The van der Waals surface area contributed by atoms with E-state index in [2.05, 4.69) is 19.2 Å². The van der Waals surface area contributed by atoms with Crippen LogP contribution in [0.15, 0.2) is 0 Å². The minimum Gasteiger partial charge on any atom is -0.352 e. The SMILES string of the molecule is C[C@@H]1CCC[C@H](C)N1C(=O)[C@H](C)N(C)CC(=O)NC1CC1. The summed E-state index contributed by atoms with van der Waals surface area (Å²) >= 11 is 0. The van der Waals surface area contributed by atoms with E-state index in [0.29, 0.717) is 24.7 Å². The molecule has 2 rings (SSSR count). The molecule has 0 spiro atoms. The maximum Gasteiger partial charge on any atom is 0.240 e. The van der Waals surface area contributed by atoms with Gasteiger partial charge in [0.05, 0.1) is 12.6 Å². The second-order valence-electron chi connectivity index (χ2n) is 6.81. The highest BCUT2D eigenvalue weighted by Crippen LogP contribution is 2.24. The zero-order chi connectivity index (χ0) is 15.6. The highest BCUT2D eigenvalue weighted by molar-refractivity contribution is 5.84. The van der Waals surface area contributed by atoms with Crippen molar-refractivity contribution in [2.24, 2.45) is 0 Å². The number of hydrogen-bond acceptors (Lipinski definition) is 3. The monoisotopic (exact) mass is 295 g/mol. The number of hydrogen-bond donors (Lipinski definition) is 1. The summed E-state index contributed by atoms with van der Waals surface area (Å²) in [5.41, 5.74) is 0. The van der Waals surface area contributed by atoms with Crippen LogP contribution in [0.2, 0.25) is 0 Å². The van der Waals surface area contributed by atoms with Gasteiger partial charge in [0, 0.05) is 18.1 Å². The number of rotatable bonds is 5. The Balaban J connectivity index is 1.88. The van der Waals surface area contributed by atoms with Gasteiger partial charge in [-0.2, -0.15) is 0 Å². The van der Waals surface area contributed by atoms with Crippen LogP contribution in [-0.4, -0.2) is 59.4 Å². The van der Waals surface area contributed by atoms with Crippen LogP contribution < -0.4 is 5.32 Å². The fourth-order valence-corrected chi connectivity index (χ4v) is 3.12. The Morgan fingerprint density at radius 2 is 1.76 bits per heavy atom. The van der Waals surface area contributed by atoms with E-state index in [4.69, 9.17) is 0 Å². The van der Waals surface area contributed by atoms with Gasteiger partial charge in [0.2, 0.25) is 11.8 Å². The number of likely N-dealkylation sites (N-methyl/N-ethyl adjacent to an activating group) is 1. The first-order valence-electron chi connectivity index (χ1n) is 8.22. The lowest BCUT2D eigenvalue weighted by atomic mass is 9.96. The van der Waals surface area contributed by atoms with Crippen LogP contribution in [0.5, 0.6) is 0 Å². The zero-order valence-corrected chi connectivity index (χ0v) is 13.8. The molecular formula is C16H29N3O2. The van der Waals surface area contributed by atoms with E-state index in [1.807, 2.05) is 23.8 Å². The summed E-state index contributed by atoms with van der Waals surface area (Å²) in [5.74, 6) is 0.177. The summed E-state index contributed by atoms with van der Waals surface area (Å²) in [7, 11) is 1.86. The van der Waals surface area contributed by atoms with Crippen molar-refractivity contribution in [2.75, 3.05) is 13.6 Å². The maximum absolute atomic E-state index is 12.7. The van der Waals surface area contributed by atoms with Crippen LogP contribution in [-0.2, 0) is 9.59 Å². The lowest BCUT2D eigenvalue weighted by molar-refractivity contribution is -0.142. The Labute approximate surface area is 128 Å². The molecule has 2 aliphatic rings. The Morgan fingerprint density at radius 3 is 2.29 bits per heavy atom. The Kier molecular flexibility index (Phi) is 5.25. The average molecular weight is 295 g/mol. The fraction of sp³-hybridized carbons (Fsp3) is 0.875. The molecule has 0 aromatic carbocycles. The molecule has 0 radical (unpaired) electrons. The van der Waals surface area contributed by atoms with Gasteiger partial charge in [-0.1, -0.05) is 0 Å². The lowest BCUT2D eigenvalue weighted by Crippen LogP contribution is -2.55. The number of amides is 2. The van der Waals surface area contributed by atoms with Crippen molar-refractivity contribution in [1.29, 1.82) is 0 Å². The molecule has 0 aromatic heterocycles. The van der Waals surface area contributed by atoms with Gasteiger partial charge in [0.15, 0.2) is 0 Å². The first-order valence-corrected chi connectivity index (χ1v) is 8.22. The van der Waals surface area contributed by atoms with E-state index in [-0.39, 0.29) is 17.9 Å². The molecule has 1 heterocycles. The van der Waals surface area contributed by atoms with Crippen molar-refractivity contribution in [3.05, 3.63) is 0 Å². The minimum atomic E-state index is -0.252. The molecule has 1 aliphatic heterocycles. The predicted octanol–water partition coefficient (Wildman–Crippen LogP) is 1.37. The molecule has 0 bridgehead atoms. The van der Waals surface area contributed by atoms with Crippen LogP contribution in [0.25, 0.3) is 0 Å². The van der Waals surface area contributed by atoms with Gasteiger partial charge >= 0.3 is 0 Å². The molecule has 0 unspecified atom stereocenters. The quantitative estimate of drug-likeness (QED) is 0.833. The Bertz CT molecular complexity index is 385. The van der Waals surface area contributed by atoms with E-state index in [0.717, 1.165) is 25.7 Å².